The lowest BCUT2D eigenvalue weighted by molar-refractivity contribution is 0.102. The summed E-state index contributed by atoms with van der Waals surface area (Å²) >= 11 is 1.61. The van der Waals surface area contributed by atoms with Crippen LogP contribution in [0.5, 0.6) is 0 Å². The van der Waals surface area contributed by atoms with E-state index < -0.39 is 0 Å². The molecule has 110 valence electrons. The molecule has 1 heterocycles. The maximum absolute atomic E-state index is 12.3. The van der Waals surface area contributed by atoms with Gasteiger partial charge in [0.2, 0.25) is 0 Å². The molecular weight excluding hydrogens is 282 g/mol. The van der Waals surface area contributed by atoms with Gasteiger partial charge in [0.15, 0.2) is 5.13 Å². The van der Waals surface area contributed by atoms with Gasteiger partial charge < -0.3 is 4.90 Å². The summed E-state index contributed by atoms with van der Waals surface area (Å²) in [7, 11) is 4.00. The predicted molar refractivity (Wildman–Crippen MR) is 87.6 cm³/mol. The van der Waals surface area contributed by atoms with Crippen molar-refractivity contribution in [2.24, 2.45) is 0 Å². The highest BCUT2D eigenvalue weighted by atomic mass is 32.1. The Morgan fingerprint density at radius 1 is 1.33 bits per heavy atom. The van der Waals surface area contributed by atoms with Crippen LogP contribution in [0.25, 0.3) is 0 Å². The van der Waals surface area contributed by atoms with Crippen molar-refractivity contribution in [2.45, 2.75) is 26.2 Å². The Hall–Kier alpha value is -1.88. The molecule has 0 fully saturated rings. The number of aryl methyl sites for hydroxylation is 3. The number of rotatable bonds is 3. The van der Waals surface area contributed by atoms with Gasteiger partial charge in [-0.3, -0.25) is 10.1 Å². The average molecular weight is 301 g/mol. The van der Waals surface area contributed by atoms with E-state index in [1.54, 1.807) is 11.3 Å². The third-order valence-electron chi connectivity index (χ3n) is 3.76. The van der Waals surface area contributed by atoms with Gasteiger partial charge in [-0.1, -0.05) is 0 Å². The summed E-state index contributed by atoms with van der Waals surface area (Å²) in [5, 5.41) is 3.64. The molecule has 1 aromatic carbocycles. The zero-order valence-corrected chi connectivity index (χ0v) is 13.4. The molecule has 0 aliphatic heterocycles. The van der Waals surface area contributed by atoms with Gasteiger partial charge in [-0.05, 0) is 49.9 Å². The number of carbonyl (C=O) groups is 1. The molecule has 1 amide bonds. The summed E-state index contributed by atoms with van der Waals surface area (Å²) in [6, 6.07) is 5.76. The Bertz CT molecular complexity index is 669. The average Bonchev–Trinajstić information content (AvgIpc) is 2.98. The van der Waals surface area contributed by atoms with E-state index in [0.29, 0.717) is 5.56 Å². The number of hydrogen-bond donors (Lipinski definition) is 1. The van der Waals surface area contributed by atoms with E-state index in [2.05, 4.69) is 10.3 Å². The Kier molecular flexibility index (Phi) is 3.68. The molecule has 21 heavy (non-hydrogen) atoms. The van der Waals surface area contributed by atoms with Crippen LogP contribution in [0.2, 0.25) is 0 Å². The normalized spacial score (nSPS) is 13.1. The fraction of sp³-hybridized carbons (Fsp3) is 0.375. The molecule has 3 rings (SSSR count). The van der Waals surface area contributed by atoms with Crippen molar-refractivity contribution in [1.82, 2.24) is 4.98 Å². The Morgan fingerprint density at radius 3 is 2.81 bits per heavy atom. The van der Waals surface area contributed by atoms with Crippen LogP contribution in [0.15, 0.2) is 18.2 Å². The summed E-state index contributed by atoms with van der Waals surface area (Å²) in [6.45, 7) is 2.02. The first-order valence-electron chi connectivity index (χ1n) is 7.12. The van der Waals surface area contributed by atoms with E-state index >= 15 is 0 Å². The molecule has 0 unspecified atom stereocenters. The molecule has 0 bridgehead atoms. The summed E-state index contributed by atoms with van der Waals surface area (Å²) in [5.41, 5.74) is 4.05. The summed E-state index contributed by atoms with van der Waals surface area (Å²) in [6.07, 6.45) is 3.32. The highest BCUT2D eigenvalue weighted by Crippen LogP contribution is 2.30. The number of anilines is 2. The largest absolute Gasteiger partial charge is 0.377 e. The Balaban J connectivity index is 1.77. The van der Waals surface area contributed by atoms with Gasteiger partial charge in [-0.2, -0.15) is 0 Å². The van der Waals surface area contributed by atoms with Gasteiger partial charge in [0.1, 0.15) is 0 Å². The second kappa shape index (κ2) is 5.48. The van der Waals surface area contributed by atoms with Crippen LogP contribution in [0.1, 0.15) is 32.9 Å². The minimum atomic E-state index is -0.0872. The molecule has 5 heteroatoms. The van der Waals surface area contributed by atoms with E-state index in [-0.39, 0.29) is 5.91 Å². The zero-order valence-electron chi connectivity index (χ0n) is 12.6. The van der Waals surface area contributed by atoms with Gasteiger partial charge >= 0.3 is 0 Å². The SMILES string of the molecule is Cc1cc(C(=O)Nc2nc3c(s2)CCC3)ccc1N(C)C. The van der Waals surface area contributed by atoms with Gasteiger partial charge in [0, 0.05) is 30.2 Å². The minimum absolute atomic E-state index is 0.0872. The van der Waals surface area contributed by atoms with Crippen molar-refractivity contribution < 1.29 is 4.79 Å². The molecule has 4 nitrogen and oxygen atoms in total. The molecule has 0 saturated heterocycles. The van der Waals surface area contributed by atoms with Crippen LogP contribution < -0.4 is 10.2 Å². The van der Waals surface area contributed by atoms with E-state index in [1.807, 2.05) is 44.1 Å². The highest BCUT2D eigenvalue weighted by Gasteiger charge is 2.18. The lowest BCUT2D eigenvalue weighted by Crippen LogP contribution is -2.14. The molecule has 1 aliphatic rings. The van der Waals surface area contributed by atoms with E-state index in [4.69, 9.17) is 0 Å². The summed E-state index contributed by atoms with van der Waals surface area (Å²) in [5.74, 6) is -0.0872. The van der Waals surface area contributed by atoms with Gasteiger partial charge in [0.05, 0.1) is 5.69 Å². The fourth-order valence-electron chi connectivity index (χ4n) is 2.71. The quantitative estimate of drug-likeness (QED) is 0.946. The first-order chi connectivity index (χ1) is 10.0. The van der Waals surface area contributed by atoms with Crippen LogP contribution in [0, 0.1) is 6.92 Å². The van der Waals surface area contributed by atoms with Crippen molar-refractivity contribution in [2.75, 3.05) is 24.3 Å². The van der Waals surface area contributed by atoms with Gasteiger partial charge in [-0.15, -0.1) is 11.3 Å². The number of hydrogen-bond acceptors (Lipinski definition) is 4. The maximum atomic E-state index is 12.3. The Labute approximate surface area is 128 Å². The minimum Gasteiger partial charge on any atom is -0.377 e. The van der Waals surface area contributed by atoms with E-state index in [9.17, 15) is 4.79 Å². The molecule has 0 atom stereocenters. The first kappa shape index (κ1) is 14.1. The molecule has 0 spiro atoms. The molecule has 0 saturated carbocycles. The number of nitrogens with zero attached hydrogens (tertiary/aromatic N) is 2. The fourth-order valence-corrected chi connectivity index (χ4v) is 3.76. The van der Waals surface area contributed by atoms with E-state index in [1.165, 1.54) is 11.3 Å². The Morgan fingerprint density at radius 2 is 2.14 bits per heavy atom. The van der Waals surface area contributed by atoms with Crippen molar-refractivity contribution in [3.63, 3.8) is 0 Å². The number of fused-ring (bicyclic) bond motifs is 1. The van der Waals surface area contributed by atoms with Crippen molar-refractivity contribution in [1.29, 1.82) is 0 Å². The number of thiazole rings is 1. The number of amides is 1. The van der Waals surface area contributed by atoms with Crippen LogP contribution in [-0.4, -0.2) is 25.0 Å². The lowest BCUT2D eigenvalue weighted by atomic mass is 10.1. The topological polar surface area (TPSA) is 45.2 Å². The molecule has 1 aliphatic carbocycles. The predicted octanol–water partition coefficient (Wildman–Crippen LogP) is 3.26. The second-order valence-corrected chi connectivity index (χ2v) is 6.68. The smallest absolute Gasteiger partial charge is 0.257 e. The van der Waals surface area contributed by atoms with Crippen LogP contribution in [0.4, 0.5) is 10.8 Å². The van der Waals surface area contributed by atoms with Gasteiger partial charge in [-0.25, -0.2) is 4.98 Å². The summed E-state index contributed by atoms with van der Waals surface area (Å²) in [4.78, 5) is 20.2. The highest BCUT2D eigenvalue weighted by molar-refractivity contribution is 7.15. The summed E-state index contributed by atoms with van der Waals surface area (Å²) < 4.78 is 0. The van der Waals surface area contributed by atoms with Crippen LogP contribution >= 0.6 is 11.3 Å². The monoisotopic (exact) mass is 301 g/mol. The number of nitrogens with one attached hydrogen (secondary N) is 1. The zero-order chi connectivity index (χ0) is 15.0. The molecule has 1 N–H and O–H groups in total. The third-order valence-corrected chi connectivity index (χ3v) is 4.83. The van der Waals surface area contributed by atoms with Crippen LogP contribution in [-0.2, 0) is 12.8 Å². The molecule has 0 radical (unpaired) electrons. The number of carbonyl (C=O) groups excluding carboxylic acids is 1. The lowest BCUT2D eigenvalue weighted by Gasteiger charge is -2.16. The van der Waals surface area contributed by atoms with Crippen LogP contribution in [0.3, 0.4) is 0 Å². The van der Waals surface area contributed by atoms with Crippen molar-refractivity contribution in [3.05, 3.63) is 39.9 Å². The molecule has 2 aromatic rings. The number of aromatic nitrogens is 1. The van der Waals surface area contributed by atoms with Crippen molar-refractivity contribution >= 4 is 28.1 Å². The maximum Gasteiger partial charge on any atom is 0.257 e. The molecular formula is C16H19N3OS. The standard InChI is InChI=1S/C16H19N3OS/c1-10-9-11(7-8-13(10)19(2)3)15(20)18-16-17-12-5-4-6-14(12)21-16/h7-9H,4-6H2,1-3H3,(H,17,18,20). The van der Waals surface area contributed by atoms with E-state index in [0.717, 1.165) is 34.9 Å². The third kappa shape index (κ3) is 2.78. The second-order valence-electron chi connectivity index (χ2n) is 5.59. The number of benzene rings is 1. The van der Waals surface area contributed by atoms with Crippen molar-refractivity contribution in [3.8, 4) is 0 Å². The molecule has 1 aromatic heterocycles. The van der Waals surface area contributed by atoms with Gasteiger partial charge in [0.25, 0.3) is 5.91 Å². The first-order valence-corrected chi connectivity index (χ1v) is 7.94.